The monoisotopic (exact) mass is 312 g/mol. The van der Waals surface area contributed by atoms with Crippen LogP contribution in [0, 0.1) is 0 Å². The van der Waals surface area contributed by atoms with E-state index in [9.17, 15) is 9.90 Å². The van der Waals surface area contributed by atoms with Crippen LogP contribution in [0.25, 0.3) is 0 Å². The van der Waals surface area contributed by atoms with Gasteiger partial charge in [0.2, 0.25) is 0 Å². The maximum absolute atomic E-state index is 11.7. The largest absolute Gasteiger partial charge is 0.508 e. The van der Waals surface area contributed by atoms with Gasteiger partial charge in [0.05, 0.1) is 0 Å². The Morgan fingerprint density at radius 3 is 2.43 bits per heavy atom. The second-order valence-corrected chi connectivity index (χ2v) is 5.76. The smallest absolute Gasteiger partial charge is 0.407 e. The molecule has 120 valence electrons. The summed E-state index contributed by atoms with van der Waals surface area (Å²) < 4.78 is 5.20. The fourth-order valence-corrected chi connectivity index (χ4v) is 2.58. The molecular formula is C18H20N2O3. The molecule has 23 heavy (non-hydrogen) atoms. The van der Waals surface area contributed by atoms with E-state index >= 15 is 0 Å². The lowest BCUT2D eigenvalue weighted by Crippen LogP contribution is -2.49. The molecule has 2 aromatic carbocycles. The molecule has 1 saturated carbocycles. The van der Waals surface area contributed by atoms with Gasteiger partial charge in [0.15, 0.2) is 0 Å². The highest BCUT2D eigenvalue weighted by molar-refractivity contribution is 5.67. The summed E-state index contributed by atoms with van der Waals surface area (Å²) in [5.41, 5.74) is 1.95. The van der Waals surface area contributed by atoms with Crippen LogP contribution >= 0.6 is 0 Å². The summed E-state index contributed by atoms with van der Waals surface area (Å²) in [6.45, 7) is 0.286. The molecule has 0 aromatic heterocycles. The number of phenolic OH excluding ortho intramolecular Hbond substituents is 1. The highest BCUT2D eigenvalue weighted by atomic mass is 16.5. The number of hydrogen-bond donors (Lipinski definition) is 3. The van der Waals surface area contributed by atoms with Crippen molar-refractivity contribution in [1.82, 2.24) is 5.32 Å². The standard InChI is InChI=1S/C18H20N2O3/c21-17-8-6-14(7-9-17)19-15-10-16(11-15)20-18(22)23-12-13-4-2-1-3-5-13/h1-9,15-16,19,21H,10-12H2,(H,20,22). The molecule has 3 rings (SSSR count). The number of rotatable bonds is 5. The Kier molecular flexibility index (Phi) is 4.66. The topological polar surface area (TPSA) is 70.6 Å². The van der Waals surface area contributed by atoms with E-state index in [1.165, 1.54) is 0 Å². The SMILES string of the molecule is O=C(NC1CC(Nc2ccc(O)cc2)C1)OCc1ccccc1. The van der Waals surface area contributed by atoms with Crippen LogP contribution in [0.15, 0.2) is 54.6 Å². The van der Waals surface area contributed by atoms with E-state index < -0.39 is 0 Å². The van der Waals surface area contributed by atoms with Gasteiger partial charge >= 0.3 is 6.09 Å². The lowest BCUT2D eigenvalue weighted by atomic mass is 9.86. The number of nitrogens with one attached hydrogen (secondary N) is 2. The van der Waals surface area contributed by atoms with Crippen molar-refractivity contribution >= 4 is 11.8 Å². The Morgan fingerprint density at radius 2 is 1.74 bits per heavy atom. The molecule has 0 saturated heterocycles. The molecule has 0 unspecified atom stereocenters. The van der Waals surface area contributed by atoms with Crippen LogP contribution in [0.3, 0.4) is 0 Å². The zero-order valence-corrected chi connectivity index (χ0v) is 12.7. The van der Waals surface area contributed by atoms with Gasteiger partial charge in [-0.2, -0.15) is 0 Å². The maximum Gasteiger partial charge on any atom is 0.407 e. The Bertz CT molecular complexity index is 637. The Hall–Kier alpha value is -2.69. The van der Waals surface area contributed by atoms with Gasteiger partial charge in [-0.05, 0) is 42.7 Å². The number of anilines is 1. The molecule has 5 nitrogen and oxygen atoms in total. The first kappa shape index (κ1) is 15.2. The van der Waals surface area contributed by atoms with Gasteiger partial charge in [0, 0.05) is 17.8 Å². The molecule has 1 aliphatic carbocycles. The molecule has 1 fully saturated rings. The minimum Gasteiger partial charge on any atom is -0.508 e. The summed E-state index contributed by atoms with van der Waals surface area (Å²) in [5.74, 6) is 0.255. The first-order valence-corrected chi connectivity index (χ1v) is 7.72. The van der Waals surface area contributed by atoms with E-state index in [-0.39, 0.29) is 24.5 Å². The first-order chi connectivity index (χ1) is 11.2. The molecule has 1 aliphatic rings. The van der Waals surface area contributed by atoms with Crippen LogP contribution in [0.2, 0.25) is 0 Å². The van der Waals surface area contributed by atoms with Crippen LogP contribution in [0.4, 0.5) is 10.5 Å². The lowest BCUT2D eigenvalue weighted by Gasteiger charge is -2.36. The van der Waals surface area contributed by atoms with Gasteiger partial charge in [-0.3, -0.25) is 0 Å². The number of alkyl carbamates (subject to hydrolysis) is 1. The van der Waals surface area contributed by atoms with Crippen molar-refractivity contribution in [3.63, 3.8) is 0 Å². The van der Waals surface area contributed by atoms with Crippen molar-refractivity contribution in [2.45, 2.75) is 31.5 Å². The molecule has 0 spiro atoms. The maximum atomic E-state index is 11.7. The molecule has 0 atom stereocenters. The lowest BCUT2D eigenvalue weighted by molar-refractivity contribution is 0.129. The fourth-order valence-electron chi connectivity index (χ4n) is 2.58. The third-order valence-corrected chi connectivity index (χ3v) is 3.91. The van der Waals surface area contributed by atoms with Crippen molar-refractivity contribution in [2.75, 3.05) is 5.32 Å². The Balaban J connectivity index is 1.35. The second-order valence-electron chi connectivity index (χ2n) is 5.76. The minimum atomic E-state index is -0.373. The van der Waals surface area contributed by atoms with E-state index in [0.717, 1.165) is 24.1 Å². The molecule has 0 heterocycles. The number of aromatic hydroxyl groups is 1. The first-order valence-electron chi connectivity index (χ1n) is 7.72. The zero-order valence-electron chi connectivity index (χ0n) is 12.7. The van der Waals surface area contributed by atoms with Crippen molar-refractivity contribution < 1.29 is 14.6 Å². The van der Waals surface area contributed by atoms with Crippen LogP contribution in [-0.4, -0.2) is 23.3 Å². The number of benzene rings is 2. The molecule has 2 aromatic rings. The Labute approximate surface area is 135 Å². The van der Waals surface area contributed by atoms with Crippen molar-refractivity contribution in [3.05, 3.63) is 60.2 Å². The summed E-state index contributed by atoms with van der Waals surface area (Å²) in [7, 11) is 0. The highest BCUT2D eigenvalue weighted by Gasteiger charge is 2.30. The molecular weight excluding hydrogens is 292 g/mol. The number of amides is 1. The molecule has 0 radical (unpaired) electrons. The van der Waals surface area contributed by atoms with Crippen LogP contribution in [0.5, 0.6) is 5.75 Å². The summed E-state index contributed by atoms with van der Waals surface area (Å²) in [6, 6.07) is 17.1. The summed E-state index contributed by atoms with van der Waals surface area (Å²) in [5, 5.41) is 15.5. The van der Waals surface area contributed by atoms with Crippen LogP contribution < -0.4 is 10.6 Å². The highest BCUT2D eigenvalue weighted by Crippen LogP contribution is 2.25. The van der Waals surface area contributed by atoms with E-state index in [2.05, 4.69) is 10.6 Å². The van der Waals surface area contributed by atoms with E-state index in [4.69, 9.17) is 4.74 Å². The predicted octanol–water partition coefficient (Wildman–Crippen LogP) is 3.26. The molecule has 0 bridgehead atoms. The third-order valence-electron chi connectivity index (χ3n) is 3.91. The van der Waals surface area contributed by atoms with E-state index in [1.54, 1.807) is 12.1 Å². The minimum absolute atomic E-state index is 0.146. The normalized spacial score (nSPS) is 19.5. The third kappa shape index (κ3) is 4.39. The van der Waals surface area contributed by atoms with Gasteiger partial charge < -0.3 is 20.5 Å². The zero-order chi connectivity index (χ0) is 16.1. The number of ether oxygens (including phenoxy) is 1. The molecule has 3 N–H and O–H groups in total. The summed E-state index contributed by atoms with van der Waals surface area (Å²) in [4.78, 5) is 11.7. The van der Waals surface area contributed by atoms with Crippen molar-refractivity contribution in [3.8, 4) is 5.75 Å². The van der Waals surface area contributed by atoms with E-state index in [1.807, 2.05) is 42.5 Å². The van der Waals surface area contributed by atoms with Crippen LogP contribution in [0.1, 0.15) is 18.4 Å². The molecule has 0 aliphatic heterocycles. The van der Waals surface area contributed by atoms with Gasteiger partial charge in [-0.15, -0.1) is 0 Å². The van der Waals surface area contributed by atoms with Crippen LogP contribution in [-0.2, 0) is 11.3 Å². The van der Waals surface area contributed by atoms with Gasteiger partial charge in [0.25, 0.3) is 0 Å². The Morgan fingerprint density at radius 1 is 1.04 bits per heavy atom. The second kappa shape index (κ2) is 7.05. The molecule has 5 heteroatoms. The average Bonchev–Trinajstić information content (AvgIpc) is 2.54. The number of carbonyl (C=O) groups is 1. The van der Waals surface area contributed by atoms with Gasteiger partial charge in [-0.25, -0.2) is 4.79 Å². The predicted molar refractivity (Wildman–Crippen MR) is 88.3 cm³/mol. The quantitative estimate of drug-likeness (QED) is 0.741. The van der Waals surface area contributed by atoms with Gasteiger partial charge in [-0.1, -0.05) is 30.3 Å². The number of phenols is 1. The van der Waals surface area contributed by atoms with Crippen molar-refractivity contribution in [1.29, 1.82) is 0 Å². The number of carbonyl (C=O) groups excluding carboxylic acids is 1. The fraction of sp³-hybridized carbons (Fsp3) is 0.278. The number of hydrogen-bond acceptors (Lipinski definition) is 4. The van der Waals surface area contributed by atoms with Crippen molar-refractivity contribution in [2.24, 2.45) is 0 Å². The molecule has 1 amide bonds. The average molecular weight is 312 g/mol. The van der Waals surface area contributed by atoms with E-state index in [0.29, 0.717) is 6.04 Å². The summed E-state index contributed by atoms with van der Waals surface area (Å²) in [6.07, 6.45) is 1.35. The van der Waals surface area contributed by atoms with Gasteiger partial charge in [0.1, 0.15) is 12.4 Å². The summed E-state index contributed by atoms with van der Waals surface area (Å²) >= 11 is 0.